The predicted molar refractivity (Wildman–Crippen MR) is 113 cm³/mol. The van der Waals surface area contributed by atoms with Crippen molar-refractivity contribution < 1.29 is 4.89 Å². The first-order chi connectivity index (χ1) is 12.8. The van der Waals surface area contributed by atoms with E-state index in [0.29, 0.717) is 0 Å². The molecule has 1 nitrogen and oxygen atoms in total. The highest BCUT2D eigenvalue weighted by atomic mass is 31.1. The van der Waals surface area contributed by atoms with Crippen LogP contribution in [0.1, 0.15) is 0 Å². The third kappa shape index (κ3) is 2.93. The summed E-state index contributed by atoms with van der Waals surface area (Å²) in [4.78, 5) is 11.9. The molecule has 3 aromatic carbocycles. The minimum Gasteiger partial charge on any atom is -0.626 e. The van der Waals surface area contributed by atoms with Gasteiger partial charge in [-0.1, -0.05) is 91.0 Å². The average Bonchev–Trinajstić information content (AvgIpc) is 2.72. The lowest BCUT2D eigenvalue weighted by Gasteiger charge is -2.34. The van der Waals surface area contributed by atoms with Gasteiger partial charge in [0.1, 0.15) is 11.6 Å². The fraction of sp³-hybridized carbons (Fsp3) is 0. The molecule has 1 aromatic heterocycles. The van der Waals surface area contributed by atoms with Crippen molar-refractivity contribution in [2.45, 2.75) is 0 Å². The lowest BCUT2D eigenvalue weighted by Crippen LogP contribution is -2.74. The van der Waals surface area contributed by atoms with Crippen LogP contribution in [0, 0.1) is 0 Å². The minimum atomic E-state index is -2.44. The van der Waals surface area contributed by atoms with Gasteiger partial charge in [0, 0.05) is 0 Å². The van der Waals surface area contributed by atoms with Crippen molar-refractivity contribution in [2.75, 3.05) is 0 Å². The molecule has 0 N–H and O–H groups in total. The molecule has 0 radical (unpaired) electrons. The lowest BCUT2D eigenvalue weighted by molar-refractivity contribution is -0.150. The quantitative estimate of drug-likeness (QED) is 0.400. The second-order valence-electron chi connectivity index (χ2n) is 6.29. The lowest BCUT2D eigenvalue weighted by atomic mass is 10.3. The zero-order valence-corrected chi connectivity index (χ0v) is 16.2. The van der Waals surface area contributed by atoms with Crippen LogP contribution in [-0.4, -0.2) is 8.07 Å². The Morgan fingerprint density at radius 3 is 1.12 bits per heavy atom. The first-order valence-corrected chi connectivity index (χ1v) is 12.1. The van der Waals surface area contributed by atoms with Crippen LogP contribution in [0.4, 0.5) is 0 Å². The number of hydrogen-bond donors (Lipinski definition) is 0. The zero-order chi connectivity index (χ0) is 17.8. The van der Waals surface area contributed by atoms with Crippen LogP contribution in [0.3, 0.4) is 0 Å². The van der Waals surface area contributed by atoms with Crippen LogP contribution >= 0.6 is 7.76 Å². The molecule has 1 heterocycles. The van der Waals surface area contributed by atoms with Crippen molar-refractivity contribution in [3.8, 4) is 0 Å². The predicted octanol–water partition coefficient (Wildman–Crippen LogP) is 2.46. The Morgan fingerprint density at radius 2 is 0.769 bits per heavy atom. The highest BCUT2D eigenvalue weighted by molar-refractivity contribution is 7.40. The Kier molecular flexibility index (Phi) is 4.81. The molecule has 0 bridgehead atoms. The molecule has 0 unspecified atom stereocenters. The Labute approximate surface area is 156 Å². The van der Waals surface area contributed by atoms with Gasteiger partial charge in [0.15, 0.2) is 8.07 Å². The Bertz CT molecular complexity index is 874. The molecule has 0 spiro atoms. The average molecular weight is 370 g/mol. The van der Waals surface area contributed by atoms with E-state index in [1.54, 1.807) is 0 Å². The summed E-state index contributed by atoms with van der Waals surface area (Å²) < 4.78 is 0. The molecule has 3 heteroatoms. The van der Waals surface area contributed by atoms with Gasteiger partial charge in [0.05, 0.1) is 7.76 Å². The first kappa shape index (κ1) is 16.9. The van der Waals surface area contributed by atoms with Crippen molar-refractivity contribution in [3.63, 3.8) is 0 Å². The Morgan fingerprint density at radius 1 is 0.462 bits per heavy atom. The van der Waals surface area contributed by atoms with Crippen LogP contribution < -0.4 is 25.6 Å². The maximum absolute atomic E-state index is 11.9. The second kappa shape index (κ2) is 7.39. The van der Waals surface area contributed by atoms with E-state index in [1.807, 2.05) is 11.6 Å². The van der Waals surface area contributed by atoms with E-state index in [2.05, 4.69) is 103 Å². The maximum atomic E-state index is 11.9. The number of benzene rings is 3. The Hall–Kier alpha value is -2.51. The van der Waals surface area contributed by atoms with E-state index in [9.17, 15) is 4.89 Å². The maximum Gasteiger partial charge on any atom is 0.179 e. The summed E-state index contributed by atoms with van der Waals surface area (Å²) in [5, 5.41) is 5.26. The first-order valence-electron chi connectivity index (χ1n) is 8.68. The van der Waals surface area contributed by atoms with Gasteiger partial charge in [0.2, 0.25) is 0 Å². The highest BCUT2D eigenvalue weighted by Gasteiger charge is 2.41. The molecule has 4 rings (SSSR count). The van der Waals surface area contributed by atoms with Crippen LogP contribution in [0.2, 0.25) is 0 Å². The van der Waals surface area contributed by atoms with Gasteiger partial charge in [-0.15, -0.1) is 0 Å². The Balaban J connectivity index is 2.12. The number of rotatable bonds is 4. The molecule has 126 valence electrons. The van der Waals surface area contributed by atoms with E-state index in [1.165, 1.54) is 20.7 Å². The van der Waals surface area contributed by atoms with E-state index in [0.717, 1.165) is 0 Å². The normalized spacial score (nSPS) is 11.3. The van der Waals surface area contributed by atoms with Crippen molar-refractivity contribution in [2.24, 2.45) is 0 Å². The molecule has 0 fully saturated rings. The molecule has 4 aromatic rings. The minimum absolute atomic E-state index is 1.26. The summed E-state index contributed by atoms with van der Waals surface area (Å²) >= 11 is 0. The third-order valence-electron chi connectivity index (χ3n) is 4.86. The fourth-order valence-electron chi connectivity index (χ4n) is 3.73. The second-order valence-corrected chi connectivity index (χ2v) is 11.4. The van der Waals surface area contributed by atoms with Crippen LogP contribution in [0.15, 0.2) is 115 Å². The summed E-state index contributed by atoms with van der Waals surface area (Å²) in [6.45, 7) is 0. The van der Waals surface area contributed by atoms with Gasteiger partial charge < -0.3 is 4.89 Å². The van der Waals surface area contributed by atoms with Crippen molar-refractivity contribution in [1.82, 2.24) is 0 Å². The van der Waals surface area contributed by atoms with E-state index < -0.39 is 15.8 Å². The van der Waals surface area contributed by atoms with E-state index in [4.69, 9.17) is 0 Å². The molecule has 0 aliphatic heterocycles. The van der Waals surface area contributed by atoms with Crippen molar-refractivity contribution in [3.05, 3.63) is 115 Å². The monoisotopic (exact) mass is 370 g/mol. The van der Waals surface area contributed by atoms with Crippen molar-refractivity contribution >= 4 is 36.6 Å². The molecule has 0 atom stereocenters. The fourth-order valence-corrected chi connectivity index (χ4v) is 9.47. The number of hydrogen-bond acceptors (Lipinski definition) is 1. The van der Waals surface area contributed by atoms with Crippen LogP contribution in [0.5, 0.6) is 0 Å². The molecule has 0 amide bonds. The third-order valence-corrected chi connectivity index (χ3v) is 10.5. The van der Waals surface area contributed by atoms with Gasteiger partial charge >= 0.3 is 0 Å². The zero-order valence-electron chi connectivity index (χ0n) is 14.3. The standard InChI is InChI=1S/C23H19OPSi/c24-25-18-16-23(17-19-25)26(20-10-4-1-5-11-20,21-12-6-2-7-13-21)22-14-8-3-9-15-22/h1-19H. The largest absolute Gasteiger partial charge is 0.626 e. The van der Waals surface area contributed by atoms with Gasteiger partial charge in [-0.05, 0) is 32.9 Å². The van der Waals surface area contributed by atoms with E-state index >= 15 is 0 Å². The summed E-state index contributed by atoms with van der Waals surface area (Å²) in [7, 11) is -3.82. The van der Waals surface area contributed by atoms with Gasteiger partial charge in [-0.25, -0.2) is 0 Å². The molecule has 0 aliphatic carbocycles. The molecular weight excluding hydrogens is 351 g/mol. The summed E-state index contributed by atoms with van der Waals surface area (Å²) in [6, 6.07) is 36.4. The van der Waals surface area contributed by atoms with Gasteiger partial charge in [-0.2, -0.15) is 0 Å². The van der Waals surface area contributed by atoms with Gasteiger partial charge in [-0.3, -0.25) is 0 Å². The molecule has 26 heavy (non-hydrogen) atoms. The van der Waals surface area contributed by atoms with Crippen LogP contribution in [-0.2, 0) is 0 Å². The van der Waals surface area contributed by atoms with Gasteiger partial charge in [0.25, 0.3) is 0 Å². The summed E-state index contributed by atoms with van der Waals surface area (Å²) in [5.41, 5.74) is 0. The highest BCUT2D eigenvalue weighted by Crippen LogP contribution is 2.15. The molecule has 0 saturated heterocycles. The van der Waals surface area contributed by atoms with Crippen molar-refractivity contribution in [1.29, 1.82) is 0 Å². The summed E-state index contributed by atoms with van der Waals surface area (Å²) in [6.07, 6.45) is 0. The SMILES string of the molecule is [O-][p+]1ccc([Si](c2ccccc2)(c2ccccc2)c2ccccc2)cc1. The molecule has 0 aliphatic rings. The molecule has 0 saturated carbocycles. The molecular formula is C23H19OPSi. The topological polar surface area (TPSA) is 23.1 Å². The van der Waals surface area contributed by atoms with Crippen LogP contribution in [0.25, 0.3) is 0 Å². The summed E-state index contributed by atoms with van der Waals surface area (Å²) in [5.74, 6) is 3.67. The van der Waals surface area contributed by atoms with E-state index in [-0.39, 0.29) is 0 Å². The smallest absolute Gasteiger partial charge is 0.179 e.